The molecular formula is C14H11N3. The molecule has 0 bridgehead atoms. The van der Waals surface area contributed by atoms with Crippen LogP contribution in [0.4, 0.5) is 0 Å². The van der Waals surface area contributed by atoms with Crippen molar-refractivity contribution in [3.8, 4) is 6.07 Å². The van der Waals surface area contributed by atoms with Crippen LogP contribution in [0.15, 0.2) is 57.7 Å². The van der Waals surface area contributed by atoms with Crippen molar-refractivity contribution >= 4 is 11.9 Å². The van der Waals surface area contributed by atoms with Gasteiger partial charge in [0.2, 0.25) is 0 Å². The molecule has 1 aliphatic carbocycles. The van der Waals surface area contributed by atoms with E-state index in [9.17, 15) is 0 Å². The number of nitriles is 1. The summed E-state index contributed by atoms with van der Waals surface area (Å²) in [7, 11) is 0. The maximum absolute atomic E-state index is 8.76. The van der Waals surface area contributed by atoms with Gasteiger partial charge in [-0.3, -0.25) is 9.98 Å². The van der Waals surface area contributed by atoms with E-state index in [4.69, 9.17) is 5.26 Å². The van der Waals surface area contributed by atoms with E-state index in [0.29, 0.717) is 0 Å². The zero-order valence-electron chi connectivity index (χ0n) is 9.30. The molecule has 3 nitrogen and oxygen atoms in total. The number of rotatable bonds is 0. The van der Waals surface area contributed by atoms with Crippen molar-refractivity contribution in [2.45, 2.75) is 6.42 Å². The predicted octanol–water partition coefficient (Wildman–Crippen LogP) is 2.36. The molecule has 3 aliphatic rings. The Balaban J connectivity index is 2.14. The number of nitrogens with zero attached hydrogens (tertiary/aromatic N) is 3. The van der Waals surface area contributed by atoms with Crippen LogP contribution in [-0.2, 0) is 0 Å². The van der Waals surface area contributed by atoms with Gasteiger partial charge in [-0.05, 0) is 29.7 Å². The van der Waals surface area contributed by atoms with Gasteiger partial charge in [0.25, 0.3) is 0 Å². The van der Waals surface area contributed by atoms with Gasteiger partial charge in [-0.15, -0.1) is 0 Å². The van der Waals surface area contributed by atoms with Crippen LogP contribution in [0.3, 0.4) is 0 Å². The van der Waals surface area contributed by atoms with E-state index >= 15 is 0 Å². The van der Waals surface area contributed by atoms with E-state index < -0.39 is 0 Å². The van der Waals surface area contributed by atoms with Gasteiger partial charge in [0.05, 0.1) is 23.7 Å². The molecule has 1 spiro atoms. The Morgan fingerprint density at radius 2 is 2.35 bits per heavy atom. The summed E-state index contributed by atoms with van der Waals surface area (Å²) in [6, 6.07) is 2.10. The molecule has 0 saturated carbocycles. The second kappa shape index (κ2) is 3.67. The summed E-state index contributed by atoms with van der Waals surface area (Å²) < 4.78 is 0. The first-order chi connectivity index (χ1) is 8.35. The third kappa shape index (κ3) is 1.42. The van der Waals surface area contributed by atoms with E-state index in [1.165, 1.54) is 5.57 Å². The Hall–Kier alpha value is -2.21. The molecule has 0 amide bonds. The normalized spacial score (nSPS) is 31.4. The minimum atomic E-state index is -0.138. The van der Waals surface area contributed by atoms with Crippen molar-refractivity contribution in [2.75, 3.05) is 6.54 Å². The standard InChI is InChI=1S/C14H11N3/c15-6-5-11-3-4-13-14(8-11)10-16-9-12(14)2-1-7-17-13/h1-5,7,9H,8,10H2/b11-5-. The van der Waals surface area contributed by atoms with E-state index in [1.807, 2.05) is 30.6 Å². The zero-order chi connectivity index (χ0) is 11.7. The molecule has 1 unspecified atom stereocenters. The van der Waals surface area contributed by atoms with Crippen LogP contribution in [0, 0.1) is 16.7 Å². The Morgan fingerprint density at radius 3 is 3.24 bits per heavy atom. The van der Waals surface area contributed by atoms with E-state index in [1.54, 1.807) is 6.08 Å². The minimum absolute atomic E-state index is 0.138. The first kappa shape index (κ1) is 9.98. The Bertz CT molecular complexity index is 579. The lowest BCUT2D eigenvalue weighted by Crippen LogP contribution is -2.35. The summed E-state index contributed by atoms with van der Waals surface area (Å²) in [5.41, 5.74) is 3.15. The van der Waals surface area contributed by atoms with Crippen LogP contribution in [0.2, 0.25) is 0 Å². The lowest BCUT2D eigenvalue weighted by Gasteiger charge is -2.32. The van der Waals surface area contributed by atoms with E-state index in [2.05, 4.69) is 22.1 Å². The second-order valence-electron chi connectivity index (χ2n) is 4.39. The van der Waals surface area contributed by atoms with Crippen molar-refractivity contribution in [3.05, 3.63) is 47.7 Å². The number of allylic oxidation sites excluding steroid dienone is 6. The van der Waals surface area contributed by atoms with Crippen molar-refractivity contribution in [1.29, 1.82) is 5.26 Å². The van der Waals surface area contributed by atoms with Crippen LogP contribution < -0.4 is 0 Å². The molecule has 17 heavy (non-hydrogen) atoms. The monoisotopic (exact) mass is 221 g/mol. The highest BCUT2D eigenvalue weighted by molar-refractivity contribution is 6.10. The van der Waals surface area contributed by atoms with Gasteiger partial charge in [-0.1, -0.05) is 12.2 Å². The fourth-order valence-corrected chi connectivity index (χ4v) is 2.57. The summed E-state index contributed by atoms with van der Waals surface area (Å²) in [5.74, 6) is 0. The predicted molar refractivity (Wildman–Crippen MR) is 67.9 cm³/mol. The fourth-order valence-electron chi connectivity index (χ4n) is 2.57. The topological polar surface area (TPSA) is 48.5 Å². The first-order valence-electron chi connectivity index (χ1n) is 5.57. The summed E-state index contributed by atoms with van der Waals surface area (Å²) in [4.78, 5) is 8.87. The smallest absolute Gasteiger partial charge is 0.0914 e. The van der Waals surface area contributed by atoms with Crippen LogP contribution in [0.25, 0.3) is 0 Å². The molecule has 0 aromatic heterocycles. The summed E-state index contributed by atoms with van der Waals surface area (Å²) >= 11 is 0. The van der Waals surface area contributed by atoms with Crippen molar-refractivity contribution in [1.82, 2.24) is 0 Å². The summed E-state index contributed by atoms with van der Waals surface area (Å²) in [6.07, 6.45) is 14.2. The van der Waals surface area contributed by atoms with E-state index in [0.717, 1.165) is 24.3 Å². The zero-order valence-corrected chi connectivity index (χ0v) is 9.30. The quantitative estimate of drug-likeness (QED) is 0.579. The lowest BCUT2D eigenvalue weighted by molar-refractivity contribution is 0.548. The van der Waals surface area contributed by atoms with Crippen molar-refractivity contribution in [2.24, 2.45) is 15.4 Å². The Kier molecular flexibility index (Phi) is 2.15. The summed E-state index contributed by atoms with van der Waals surface area (Å²) in [6.45, 7) is 0.729. The van der Waals surface area contributed by atoms with Gasteiger partial charge in [0, 0.05) is 18.5 Å². The fraction of sp³-hybridized carbons (Fsp3) is 0.214. The number of aliphatic imine (C=N–C) groups is 2. The Labute approximate surface area is 99.9 Å². The molecule has 0 radical (unpaired) electrons. The molecule has 0 aromatic carbocycles. The number of hydrogen-bond acceptors (Lipinski definition) is 3. The minimum Gasteiger partial charge on any atom is -0.292 e. The van der Waals surface area contributed by atoms with E-state index in [-0.39, 0.29) is 5.41 Å². The highest BCUT2D eigenvalue weighted by Crippen LogP contribution is 2.43. The van der Waals surface area contributed by atoms with Crippen LogP contribution in [0.1, 0.15) is 6.42 Å². The van der Waals surface area contributed by atoms with Gasteiger partial charge >= 0.3 is 0 Å². The molecule has 0 saturated heterocycles. The van der Waals surface area contributed by atoms with Gasteiger partial charge in [0.15, 0.2) is 0 Å². The molecule has 82 valence electrons. The molecule has 3 heteroatoms. The average molecular weight is 221 g/mol. The van der Waals surface area contributed by atoms with Crippen LogP contribution in [0.5, 0.6) is 0 Å². The van der Waals surface area contributed by atoms with Gasteiger partial charge in [-0.25, -0.2) is 0 Å². The highest BCUT2D eigenvalue weighted by Gasteiger charge is 2.42. The van der Waals surface area contributed by atoms with Gasteiger partial charge < -0.3 is 0 Å². The van der Waals surface area contributed by atoms with Gasteiger partial charge in [0.1, 0.15) is 0 Å². The molecule has 3 rings (SSSR count). The second-order valence-corrected chi connectivity index (χ2v) is 4.39. The molecular weight excluding hydrogens is 210 g/mol. The number of hydrogen-bond donors (Lipinski definition) is 0. The first-order valence-corrected chi connectivity index (χ1v) is 5.57. The van der Waals surface area contributed by atoms with Gasteiger partial charge in [-0.2, -0.15) is 5.26 Å². The molecule has 0 N–H and O–H groups in total. The SMILES string of the molecule is N#C/C=C1/C=CC2=NC=CC=C3C=NCC32C1. The van der Waals surface area contributed by atoms with Crippen LogP contribution >= 0.6 is 0 Å². The summed E-state index contributed by atoms with van der Waals surface area (Å²) in [5, 5.41) is 8.76. The molecule has 2 aliphatic heterocycles. The van der Waals surface area contributed by atoms with Crippen molar-refractivity contribution in [3.63, 3.8) is 0 Å². The maximum atomic E-state index is 8.76. The lowest BCUT2D eigenvalue weighted by atomic mass is 9.70. The molecule has 2 heterocycles. The maximum Gasteiger partial charge on any atom is 0.0914 e. The third-order valence-corrected chi connectivity index (χ3v) is 3.42. The highest BCUT2D eigenvalue weighted by atomic mass is 14.8. The largest absolute Gasteiger partial charge is 0.292 e. The molecule has 1 atom stereocenters. The average Bonchev–Trinajstić information content (AvgIpc) is 2.63. The van der Waals surface area contributed by atoms with Crippen LogP contribution in [-0.4, -0.2) is 18.5 Å². The van der Waals surface area contributed by atoms with Crippen molar-refractivity contribution < 1.29 is 0 Å². The third-order valence-electron chi connectivity index (χ3n) is 3.42. The molecule has 0 fully saturated rings. The molecule has 0 aromatic rings. The Morgan fingerprint density at radius 1 is 1.41 bits per heavy atom.